The highest BCUT2D eigenvalue weighted by molar-refractivity contribution is 7.99. The van der Waals surface area contributed by atoms with E-state index in [1.807, 2.05) is 0 Å². The van der Waals surface area contributed by atoms with E-state index in [2.05, 4.69) is 16.0 Å². The van der Waals surface area contributed by atoms with E-state index in [4.69, 9.17) is 16.3 Å². The summed E-state index contributed by atoms with van der Waals surface area (Å²) < 4.78 is 44.4. The van der Waals surface area contributed by atoms with E-state index in [0.29, 0.717) is 31.7 Å². The molecule has 3 unspecified atom stereocenters. The molecule has 0 bridgehead atoms. The lowest BCUT2D eigenvalue weighted by Crippen LogP contribution is -2.65. The molecule has 9 atom stereocenters. The zero-order chi connectivity index (χ0) is 28.7. The van der Waals surface area contributed by atoms with Gasteiger partial charge in [0.1, 0.15) is 29.9 Å². The summed E-state index contributed by atoms with van der Waals surface area (Å²) in [6.07, 6.45) is -1.52. The smallest absolute Gasteiger partial charge is 0.388 e. The summed E-state index contributed by atoms with van der Waals surface area (Å²) in [6.45, 7) is 3.15. The van der Waals surface area contributed by atoms with Crippen LogP contribution in [-0.4, -0.2) is 100 Å². The summed E-state index contributed by atoms with van der Waals surface area (Å²) in [6, 6.07) is -1.04. The van der Waals surface area contributed by atoms with Crippen LogP contribution in [0.3, 0.4) is 0 Å². The maximum atomic E-state index is 13.2. The van der Waals surface area contributed by atoms with Crippen LogP contribution in [0, 0.1) is 11.8 Å². The summed E-state index contributed by atoms with van der Waals surface area (Å²) in [5.74, 6) is -0.959. The Morgan fingerprint density at radius 1 is 1.08 bits per heavy atom. The van der Waals surface area contributed by atoms with Crippen molar-refractivity contribution in [1.82, 2.24) is 16.0 Å². The molecule has 3 fully saturated rings. The lowest BCUT2D eigenvalue weighted by Gasteiger charge is -2.44. The van der Waals surface area contributed by atoms with Crippen LogP contribution < -0.4 is 16.0 Å². The second kappa shape index (κ2) is 15.2. The van der Waals surface area contributed by atoms with Gasteiger partial charge in [0.2, 0.25) is 5.91 Å². The predicted molar refractivity (Wildman–Crippen MR) is 146 cm³/mol. The Kier molecular flexibility index (Phi) is 12.9. The molecule has 13 heteroatoms. The number of carbonyl (C=O) groups is 1. The Morgan fingerprint density at radius 3 is 2.38 bits per heavy atom. The molecule has 6 N–H and O–H groups in total. The normalized spacial score (nSPS) is 38.0. The molecule has 1 aliphatic carbocycles. The van der Waals surface area contributed by atoms with E-state index in [1.165, 1.54) is 11.8 Å². The second-order valence-corrected chi connectivity index (χ2v) is 12.9. The van der Waals surface area contributed by atoms with Crippen molar-refractivity contribution in [3.63, 3.8) is 0 Å². The Bertz CT molecular complexity index is 761. The quantitative estimate of drug-likeness (QED) is 0.166. The Labute approximate surface area is 238 Å². The average molecular weight is 604 g/mol. The third-order valence-electron chi connectivity index (χ3n) is 8.53. The number of hydrogen-bond donors (Lipinski definition) is 6. The zero-order valence-corrected chi connectivity index (χ0v) is 24.3. The summed E-state index contributed by atoms with van der Waals surface area (Å²) >= 11 is 7.58. The topological polar surface area (TPSA) is 123 Å². The van der Waals surface area contributed by atoms with Crippen LogP contribution in [-0.2, 0) is 9.53 Å². The molecule has 0 aromatic heterocycles. The maximum absolute atomic E-state index is 13.2. The molecule has 0 aromatic carbocycles. The molecule has 0 radical (unpaired) electrons. The van der Waals surface area contributed by atoms with Crippen molar-refractivity contribution in [2.24, 2.45) is 11.8 Å². The van der Waals surface area contributed by atoms with Crippen molar-refractivity contribution in [2.75, 3.05) is 19.3 Å². The third-order valence-corrected chi connectivity index (χ3v) is 9.66. The first-order valence-corrected chi connectivity index (χ1v) is 15.8. The molecule has 0 spiro atoms. The number of nitrogens with one attached hydrogen (secondary N) is 3. The van der Waals surface area contributed by atoms with Crippen molar-refractivity contribution in [1.29, 1.82) is 0 Å². The van der Waals surface area contributed by atoms with E-state index < -0.39 is 59.4 Å². The molecule has 2 saturated heterocycles. The molecule has 3 rings (SSSR count). The summed E-state index contributed by atoms with van der Waals surface area (Å²) in [7, 11) is 0. The number of aliphatic hydroxyl groups excluding tert-OH is 3. The molecular formula is C26H45ClF3N3O5S. The molecule has 1 amide bonds. The number of hydrogen-bond acceptors (Lipinski definition) is 8. The van der Waals surface area contributed by atoms with Crippen molar-refractivity contribution in [3.05, 3.63) is 0 Å². The standard InChI is InChI=1S/C26H45ClF3N3O5S/c1-14(27)19(23-21(35)20(34)22(36)25(38-23)39-2)33-24(37)18-10-5-15(11-13-32-18)4-3-12-31-17-8-6-16(7-9-17)26(28,29)30/h14-23,25,31-32,34-36H,3-13H2,1-2H3,(H,33,37)/t14-,15-,16?,17?,18-,19+,20?,21?,22+,23+,25?/m0/s1. The van der Waals surface area contributed by atoms with Crippen LogP contribution in [0.25, 0.3) is 0 Å². The van der Waals surface area contributed by atoms with Crippen LogP contribution in [0.4, 0.5) is 13.2 Å². The van der Waals surface area contributed by atoms with Gasteiger partial charge in [-0.15, -0.1) is 23.4 Å². The molecule has 0 aromatic rings. The number of halogens is 4. The maximum Gasteiger partial charge on any atom is 0.391 e. The highest BCUT2D eigenvalue weighted by atomic mass is 35.5. The fourth-order valence-electron chi connectivity index (χ4n) is 6.03. The fraction of sp³-hybridized carbons (Fsp3) is 0.962. The molecule has 3 aliphatic rings. The zero-order valence-electron chi connectivity index (χ0n) is 22.7. The third kappa shape index (κ3) is 9.33. The van der Waals surface area contributed by atoms with Gasteiger partial charge in [-0.1, -0.05) is 0 Å². The van der Waals surface area contributed by atoms with Crippen LogP contribution in [0.5, 0.6) is 0 Å². The van der Waals surface area contributed by atoms with Crippen molar-refractivity contribution >= 4 is 29.3 Å². The van der Waals surface area contributed by atoms with Gasteiger partial charge in [-0.25, -0.2) is 0 Å². The van der Waals surface area contributed by atoms with Gasteiger partial charge in [0, 0.05) is 6.04 Å². The molecule has 39 heavy (non-hydrogen) atoms. The number of aliphatic hydroxyl groups is 3. The minimum atomic E-state index is -4.08. The highest BCUT2D eigenvalue weighted by Crippen LogP contribution is 2.37. The Hall–Kier alpha value is -0.340. The number of amides is 1. The first kappa shape index (κ1) is 33.2. The lowest BCUT2D eigenvalue weighted by molar-refractivity contribution is -0.205. The van der Waals surface area contributed by atoms with Gasteiger partial charge in [0.25, 0.3) is 0 Å². The number of ether oxygens (including phenoxy) is 1. The average Bonchev–Trinajstić information content (AvgIpc) is 3.14. The van der Waals surface area contributed by atoms with Crippen LogP contribution in [0.2, 0.25) is 0 Å². The number of carbonyl (C=O) groups excluding carboxylic acids is 1. The Balaban J connectivity index is 1.41. The van der Waals surface area contributed by atoms with Crippen molar-refractivity contribution < 1.29 is 38.0 Å². The van der Waals surface area contributed by atoms with Gasteiger partial charge in [-0.05, 0) is 90.0 Å². The number of alkyl halides is 4. The van der Waals surface area contributed by atoms with Gasteiger partial charge in [-0.2, -0.15) is 13.2 Å². The summed E-state index contributed by atoms with van der Waals surface area (Å²) in [5.41, 5.74) is -0.760. The van der Waals surface area contributed by atoms with E-state index in [1.54, 1.807) is 13.2 Å². The minimum Gasteiger partial charge on any atom is -0.388 e. The van der Waals surface area contributed by atoms with Gasteiger partial charge in [-0.3, -0.25) is 4.79 Å². The van der Waals surface area contributed by atoms with E-state index >= 15 is 0 Å². The SMILES string of the molecule is CSC1O[C@H]([C@H](NC(=O)[C@@H]2CC[C@H](CCCNC3CCC(C(F)(F)F)CC3)CCN2)[C@H](C)Cl)C(O)C(O)[C@H]1O. The molecule has 2 aliphatic heterocycles. The van der Waals surface area contributed by atoms with E-state index in [9.17, 15) is 33.3 Å². The minimum absolute atomic E-state index is 0.159. The molecule has 228 valence electrons. The number of rotatable bonds is 10. The number of thioether (sulfide) groups is 1. The van der Waals surface area contributed by atoms with Crippen molar-refractivity contribution in [2.45, 2.75) is 124 Å². The van der Waals surface area contributed by atoms with E-state index in [-0.39, 0.29) is 24.8 Å². The highest BCUT2D eigenvalue weighted by Gasteiger charge is 2.48. The van der Waals surface area contributed by atoms with E-state index in [0.717, 1.165) is 32.2 Å². The molecule has 2 heterocycles. The van der Waals surface area contributed by atoms with Gasteiger partial charge in [0.15, 0.2) is 0 Å². The lowest BCUT2D eigenvalue weighted by atomic mass is 9.85. The predicted octanol–water partition coefficient (Wildman–Crippen LogP) is 2.52. The molecule has 1 saturated carbocycles. The Morgan fingerprint density at radius 2 is 1.77 bits per heavy atom. The monoisotopic (exact) mass is 603 g/mol. The molecular weight excluding hydrogens is 559 g/mol. The van der Waals surface area contributed by atoms with Crippen LogP contribution >= 0.6 is 23.4 Å². The first-order chi connectivity index (χ1) is 18.4. The van der Waals surface area contributed by atoms with Crippen molar-refractivity contribution in [3.8, 4) is 0 Å². The first-order valence-electron chi connectivity index (χ1n) is 14.1. The fourth-order valence-corrected chi connectivity index (χ4v) is 6.92. The van der Waals surface area contributed by atoms with Gasteiger partial charge >= 0.3 is 6.18 Å². The largest absolute Gasteiger partial charge is 0.391 e. The summed E-state index contributed by atoms with van der Waals surface area (Å²) in [4.78, 5) is 13.2. The molecule has 8 nitrogen and oxygen atoms in total. The second-order valence-electron chi connectivity index (χ2n) is 11.3. The van der Waals surface area contributed by atoms with Crippen LogP contribution in [0.1, 0.15) is 64.7 Å². The van der Waals surface area contributed by atoms with Gasteiger partial charge in [0.05, 0.1) is 23.4 Å². The van der Waals surface area contributed by atoms with Gasteiger partial charge < -0.3 is 36.0 Å². The summed E-state index contributed by atoms with van der Waals surface area (Å²) in [5, 5.41) is 40.0. The van der Waals surface area contributed by atoms with Crippen LogP contribution in [0.15, 0.2) is 0 Å².